The molecule has 0 aliphatic carbocycles. The predicted octanol–water partition coefficient (Wildman–Crippen LogP) is 1.71. The number of aromatic nitrogens is 1. The molecule has 1 atom stereocenters. The van der Waals surface area contributed by atoms with Gasteiger partial charge >= 0.3 is 0 Å². The first-order chi connectivity index (χ1) is 8.94. The topological polar surface area (TPSA) is 71.3 Å². The van der Waals surface area contributed by atoms with Gasteiger partial charge in [-0.2, -0.15) is 0 Å². The summed E-state index contributed by atoms with van der Waals surface area (Å²) in [5.41, 5.74) is 0.630. The molecule has 2 N–H and O–H groups in total. The molecule has 0 saturated carbocycles. The van der Waals surface area contributed by atoms with Crippen molar-refractivity contribution in [2.45, 2.75) is 51.7 Å². The first-order valence-corrected chi connectivity index (χ1v) is 8.22. The number of rotatable bonds is 8. The molecule has 0 radical (unpaired) electrons. The summed E-state index contributed by atoms with van der Waals surface area (Å²) in [5, 5.41) is 9.24. The van der Waals surface area contributed by atoms with Gasteiger partial charge in [0, 0.05) is 25.0 Å². The molecule has 6 heteroatoms. The van der Waals surface area contributed by atoms with Crippen LogP contribution in [0.1, 0.15) is 39.3 Å². The average Bonchev–Trinajstić information content (AvgIpc) is 2.80. The van der Waals surface area contributed by atoms with Crippen molar-refractivity contribution in [3.63, 3.8) is 0 Å². The van der Waals surface area contributed by atoms with E-state index in [2.05, 4.69) is 4.72 Å². The van der Waals surface area contributed by atoms with E-state index in [9.17, 15) is 13.5 Å². The second kappa shape index (κ2) is 7.07. The van der Waals surface area contributed by atoms with E-state index in [0.29, 0.717) is 24.7 Å². The normalized spacial score (nSPS) is 13.7. The van der Waals surface area contributed by atoms with Crippen molar-refractivity contribution in [1.29, 1.82) is 0 Å². The van der Waals surface area contributed by atoms with Crippen LogP contribution in [0.15, 0.2) is 17.2 Å². The molecule has 1 aromatic rings. The molecule has 0 bridgehead atoms. The molecular weight excluding hydrogens is 264 g/mol. The quantitative estimate of drug-likeness (QED) is 0.765. The van der Waals surface area contributed by atoms with E-state index < -0.39 is 10.0 Å². The Labute approximate surface area is 115 Å². The Morgan fingerprint density at radius 1 is 1.42 bits per heavy atom. The SMILES string of the molecule is CCCn1cc(S(=O)(=O)NCC(C)CC)cc1CO. The highest BCUT2D eigenvalue weighted by Crippen LogP contribution is 2.15. The van der Waals surface area contributed by atoms with Crippen LogP contribution in [-0.4, -0.2) is 24.6 Å². The van der Waals surface area contributed by atoms with Gasteiger partial charge in [0.05, 0.1) is 11.5 Å². The summed E-state index contributed by atoms with van der Waals surface area (Å²) in [6.07, 6.45) is 3.41. The van der Waals surface area contributed by atoms with Gasteiger partial charge in [-0.3, -0.25) is 0 Å². The van der Waals surface area contributed by atoms with Crippen LogP contribution < -0.4 is 4.72 Å². The molecule has 0 amide bonds. The number of aliphatic hydroxyl groups is 1. The number of nitrogens with zero attached hydrogens (tertiary/aromatic N) is 1. The third kappa shape index (κ3) is 4.33. The standard InChI is InChI=1S/C13H24N2O3S/c1-4-6-15-9-13(7-12(15)10-16)19(17,18)14-8-11(3)5-2/h7,9,11,14,16H,4-6,8,10H2,1-3H3. The van der Waals surface area contributed by atoms with Gasteiger partial charge in [0.2, 0.25) is 10.0 Å². The largest absolute Gasteiger partial charge is 0.390 e. The smallest absolute Gasteiger partial charge is 0.242 e. The zero-order chi connectivity index (χ0) is 14.5. The highest BCUT2D eigenvalue weighted by Gasteiger charge is 2.18. The highest BCUT2D eigenvalue weighted by molar-refractivity contribution is 7.89. The third-order valence-corrected chi connectivity index (χ3v) is 4.61. The fraction of sp³-hybridized carbons (Fsp3) is 0.692. The van der Waals surface area contributed by atoms with Crippen LogP contribution in [0.5, 0.6) is 0 Å². The zero-order valence-electron chi connectivity index (χ0n) is 11.9. The molecule has 0 aliphatic heterocycles. The second-order valence-electron chi connectivity index (χ2n) is 4.88. The molecule has 5 nitrogen and oxygen atoms in total. The van der Waals surface area contributed by atoms with Crippen LogP contribution in [0.4, 0.5) is 0 Å². The maximum absolute atomic E-state index is 12.1. The van der Waals surface area contributed by atoms with E-state index in [0.717, 1.165) is 12.8 Å². The van der Waals surface area contributed by atoms with Crippen LogP contribution in [0, 0.1) is 5.92 Å². The Morgan fingerprint density at radius 2 is 2.11 bits per heavy atom. The van der Waals surface area contributed by atoms with Crippen LogP contribution in [0.3, 0.4) is 0 Å². The monoisotopic (exact) mass is 288 g/mol. The van der Waals surface area contributed by atoms with Gasteiger partial charge in [-0.25, -0.2) is 13.1 Å². The maximum Gasteiger partial charge on any atom is 0.242 e. The first-order valence-electron chi connectivity index (χ1n) is 6.74. The van der Waals surface area contributed by atoms with Gasteiger partial charge in [0.1, 0.15) is 0 Å². The van der Waals surface area contributed by atoms with E-state index in [1.54, 1.807) is 10.8 Å². The molecule has 1 unspecified atom stereocenters. The summed E-state index contributed by atoms with van der Waals surface area (Å²) in [7, 11) is -3.48. The first kappa shape index (κ1) is 16.2. The molecule has 19 heavy (non-hydrogen) atoms. The average molecular weight is 288 g/mol. The van der Waals surface area contributed by atoms with Gasteiger partial charge in [-0.1, -0.05) is 27.2 Å². The van der Waals surface area contributed by atoms with E-state index in [4.69, 9.17) is 0 Å². The van der Waals surface area contributed by atoms with Crippen molar-refractivity contribution in [2.75, 3.05) is 6.54 Å². The fourth-order valence-electron chi connectivity index (χ4n) is 1.73. The molecule has 0 spiro atoms. The molecular formula is C13H24N2O3S. The van der Waals surface area contributed by atoms with Gasteiger partial charge in [-0.15, -0.1) is 0 Å². The van der Waals surface area contributed by atoms with E-state index in [1.807, 2.05) is 20.8 Å². The summed E-state index contributed by atoms with van der Waals surface area (Å²) in [6, 6.07) is 1.54. The Balaban J connectivity index is 2.89. The van der Waals surface area contributed by atoms with Crippen LogP contribution in [-0.2, 0) is 23.2 Å². The number of hydrogen-bond acceptors (Lipinski definition) is 3. The number of sulfonamides is 1. The number of hydrogen-bond donors (Lipinski definition) is 2. The molecule has 1 aromatic heterocycles. The van der Waals surface area contributed by atoms with Gasteiger partial charge in [-0.05, 0) is 18.4 Å². The Bertz CT molecular complexity index is 494. The third-order valence-electron chi connectivity index (χ3n) is 3.22. The summed E-state index contributed by atoms with van der Waals surface area (Å²) in [6.45, 7) is 7.03. The van der Waals surface area contributed by atoms with Crippen LogP contribution >= 0.6 is 0 Å². The lowest BCUT2D eigenvalue weighted by molar-refractivity contribution is 0.270. The van der Waals surface area contributed by atoms with Crippen molar-refractivity contribution < 1.29 is 13.5 Å². The number of aliphatic hydroxyl groups excluding tert-OH is 1. The molecule has 1 heterocycles. The summed E-state index contributed by atoms with van der Waals surface area (Å²) in [4.78, 5) is 0.230. The van der Waals surface area contributed by atoms with Gasteiger partial charge < -0.3 is 9.67 Å². The molecule has 110 valence electrons. The molecule has 0 aliphatic rings. The van der Waals surface area contributed by atoms with Crippen molar-refractivity contribution >= 4 is 10.0 Å². The number of aryl methyl sites for hydroxylation is 1. The van der Waals surface area contributed by atoms with Crippen molar-refractivity contribution in [3.8, 4) is 0 Å². The Morgan fingerprint density at radius 3 is 2.63 bits per heavy atom. The van der Waals surface area contributed by atoms with E-state index >= 15 is 0 Å². The van der Waals surface area contributed by atoms with Crippen molar-refractivity contribution in [1.82, 2.24) is 9.29 Å². The minimum absolute atomic E-state index is 0.152. The Hall–Kier alpha value is -0.850. The van der Waals surface area contributed by atoms with Gasteiger partial charge in [0.15, 0.2) is 0 Å². The fourth-order valence-corrected chi connectivity index (χ4v) is 2.96. The van der Waals surface area contributed by atoms with Crippen molar-refractivity contribution in [3.05, 3.63) is 18.0 Å². The van der Waals surface area contributed by atoms with E-state index in [1.165, 1.54) is 6.07 Å². The van der Waals surface area contributed by atoms with Crippen LogP contribution in [0.25, 0.3) is 0 Å². The lowest BCUT2D eigenvalue weighted by Crippen LogP contribution is -2.28. The zero-order valence-corrected chi connectivity index (χ0v) is 12.7. The highest BCUT2D eigenvalue weighted by atomic mass is 32.2. The lowest BCUT2D eigenvalue weighted by atomic mass is 10.1. The van der Waals surface area contributed by atoms with E-state index in [-0.39, 0.29) is 11.5 Å². The lowest BCUT2D eigenvalue weighted by Gasteiger charge is -2.09. The second-order valence-corrected chi connectivity index (χ2v) is 6.65. The predicted molar refractivity (Wildman–Crippen MR) is 75.3 cm³/mol. The van der Waals surface area contributed by atoms with Gasteiger partial charge in [0.25, 0.3) is 0 Å². The summed E-state index contributed by atoms with van der Waals surface area (Å²) < 4.78 is 28.7. The van der Waals surface area contributed by atoms with Crippen LogP contribution in [0.2, 0.25) is 0 Å². The molecule has 1 rings (SSSR count). The molecule has 0 fully saturated rings. The Kier molecular flexibility index (Phi) is 6.03. The molecule has 0 aromatic carbocycles. The number of nitrogens with one attached hydrogen (secondary N) is 1. The minimum Gasteiger partial charge on any atom is -0.390 e. The maximum atomic E-state index is 12.1. The van der Waals surface area contributed by atoms with Crippen molar-refractivity contribution in [2.24, 2.45) is 5.92 Å². The summed E-state index contributed by atoms with van der Waals surface area (Å²) >= 11 is 0. The minimum atomic E-state index is -3.48. The summed E-state index contributed by atoms with van der Waals surface area (Å²) in [5.74, 6) is 0.310. The molecule has 0 saturated heterocycles.